The highest BCUT2D eigenvalue weighted by Crippen LogP contribution is 2.31. The van der Waals surface area contributed by atoms with Crippen molar-refractivity contribution >= 4 is 11.0 Å². The number of ether oxygens (including phenoxy) is 2. The van der Waals surface area contributed by atoms with Crippen LogP contribution >= 0.6 is 0 Å². The average molecular weight is 429 g/mol. The predicted molar refractivity (Wildman–Crippen MR) is 124 cm³/mol. The van der Waals surface area contributed by atoms with Crippen LogP contribution in [0.2, 0.25) is 0 Å². The van der Waals surface area contributed by atoms with Crippen LogP contribution in [-0.2, 0) is 16.0 Å². The van der Waals surface area contributed by atoms with Crippen LogP contribution in [0.3, 0.4) is 0 Å². The lowest BCUT2D eigenvalue weighted by atomic mass is 10.0. The number of aliphatic hydroxyl groups is 1. The smallest absolute Gasteiger partial charge is 0.139 e. The second-order valence-electron chi connectivity index (χ2n) is 8.26. The van der Waals surface area contributed by atoms with Gasteiger partial charge < -0.3 is 19.1 Å². The van der Waals surface area contributed by atoms with Crippen LogP contribution in [0, 0.1) is 0 Å². The molecule has 0 amide bonds. The molecule has 5 nitrogen and oxygen atoms in total. The van der Waals surface area contributed by atoms with Gasteiger partial charge in [-0.15, -0.1) is 0 Å². The molecule has 0 saturated carbocycles. The fourth-order valence-electron chi connectivity index (χ4n) is 4.42. The zero-order valence-corrected chi connectivity index (χ0v) is 18.0. The maximum atomic E-state index is 11.0. The number of hydrogen-bond donors (Lipinski definition) is 1. The summed E-state index contributed by atoms with van der Waals surface area (Å²) in [6.07, 6.45) is 1.07. The maximum absolute atomic E-state index is 11.0. The molecule has 1 N–H and O–H groups in total. The highest BCUT2D eigenvalue weighted by Gasteiger charge is 2.26. The first-order chi connectivity index (χ1) is 15.8. The topological polar surface area (TPSA) is 56.5 Å². The third-order valence-corrected chi connectivity index (χ3v) is 5.95. The van der Waals surface area contributed by atoms with Crippen molar-refractivity contribution < 1.29 is 14.6 Å². The Morgan fingerprint density at radius 2 is 1.59 bits per heavy atom. The van der Waals surface area contributed by atoms with Gasteiger partial charge in [-0.2, -0.15) is 0 Å². The quantitative estimate of drug-likeness (QED) is 0.426. The summed E-state index contributed by atoms with van der Waals surface area (Å²) in [5, 5.41) is 11.0. The van der Waals surface area contributed by atoms with Gasteiger partial charge in [-0.1, -0.05) is 72.8 Å². The summed E-state index contributed by atoms with van der Waals surface area (Å²) in [5.41, 5.74) is 4.08. The molecule has 1 fully saturated rings. The molecule has 2 unspecified atom stereocenters. The first-order valence-electron chi connectivity index (χ1n) is 11.3. The predicted octanol–water partition coefficient (Wildman–Crippen LogP) is 5.05. The summed E-state index contributed by atoms with van der Waals surface area (Å²) in [6, 6.07) is 28.3. The molecule has 32 heavy (non-hydrogen) atoms. The van der Waals surface area contributed by atoms with Crippen molar-refractivity contribution in [3.05, 3.63) is 102 Å². The minimum absolute atomic E-state index is 0.0168. The molecule has 2 atom stereocenters. The van der Waals surface area contributed by atoms with E-state index < -0.39 is 6.10 Å². The van der Waals surface area contributed by atoms with Gasteiger partial charge >= 0.3 is 0 Å². The Kier molecular flexibility index (Phi) is 6.30. The summed E-state index contributed by atoms with van der Waals surface area (Å²) in [7, 11) is 0. The van der Waals surface area contributed by atoms with Crippen molar-refractivity contribution in [2.24, 2.45) is 0 Å². The van der Waals surface area contributed by atoms with E-state index in [9.17, 15) is 5.11 Å². The van der Waals surface area contributed by atoms with E-state index in [-0.39, 0.29) is 18.8 Å². The van der Waals surface area contributed by atoms with E-state index in [1.165, 1.54) is 0 Å². The van der Waals surface area contributed by atoms with Crippen LogP contribution in [0.15, 0.2) is 84.9 Å². The Hall–Kier alpha value is -2.99. The van der Waals surface area contributed by atoms with E-state index in [1.807, 2.05) is 60.7 Å². The van der Waals surface area contributed by atoms with Gasteiger partial charge in [0, 0.05) is 6.61 Å². The molecule has 1 aliphatic heterocycles. The minimum Gasteiger partial charge on any atom is -0.389 e. The first kappa shape index (κ1) is 20.9. The Bertz CT molecular complexity index is 1100. The van der Waals surface area contributed by atoms with E-state index in [0.717, 1.165) is 47.4 Å². The second-order valence-corrected chi connectivity index (χ2v) is 8.26. The van der Waals surface area contributed by atoms with Crippen molar-refractivity contribution in [1.82, 2.24) is 9.55 Å². The average Bonchev–Trinajstić information content (AvgIpc) is 3.49. The summed E-state index contributed by atoms with van der Waals surface area (Å²) in [4.78, 5) is 4.82. The van der Waals surface area contributed by atoms with Crippen LogP contribution in [0.1, 0.15) is 42.0 Å². The van der Waals surface area contributed by atoms with E-state index in [0.29, 0.717) is 6.54 Å². The van der Waals surface area contributed by atoms with Crippen LogP contribution in [0.4, 0.5) is 0 Å². The maximum Gasteiger partial charge on any atom is 0.139 e. The number of imidazole rings is 1. The molecule has 1 saturated heterocycles. The third kappa shape index (κ3) is 4.46. The Morgan fingerprint density at radius 3 is 2.25 bits per heavy atom. The summed E-state index contributed by atoms with van der Waals surface area (Å²) in [5.74, 6) is 0.894. The first-order valence-corrected chi connectivity index (χ1v) is 11.3. The Labute approximate surface area is 188 Å². The molecule has 0 spiro atoms. The fourth-order valence-corrected chi connectivity index (χ4v) is 4.42. The summed E-state index contributed by atoms with van der Waals surface area (Å²) < 4.78 is 14.3. The Morgan fingerprint density at radius 1 is 0.938 bits per heavy atom. The van der Waals surface area contributed by atoms with Crippen LogP contribution in [-0.4, -0.2) is 34.0 Å². The van der Waals surface area contributed by atoms with Gasteiger partial charge in [0.15, 0.2) is 0 Å². The molecule has 1 aliphatic rings. The zero-order valence-electron chi connectivity index (χ0n) is 18.0. The fraction of sp³-hybridized carbons (Fsp3) is 0.296. The molecular weight excluding hydrogens is 400 g/mol. The summed E-state index contributed by atoms with van der Waals surface area (Å²) in [6.45, 7) is 1.38. The van der Waals surface area contributed by atoms with Gasteiger partial charge in [0.05, 0.1) is 30.3 Å². The number of hydrogen-bond acceptors (Lipinski definition) is 4. The monoisotopic (exact) mass is 428 g/mol. The largest absolute Gasteiger partial charge is 0.389 e. The molecule has 0 radical (unpaired) electrons. The van der Waals surface area contributed by atoms with Gasteiger partial charge in [-0.25, -0.2) is 4.98 Å². The molecule has 164 valence electrons. The van der Waals surface area contributed by atoms with Crippen molar-refractivity contribution in [3.8, 4) is 0 Å². The summed E-state index contributed by atoms with van der Waals surface area (Å²) >= 11 is 0. The lowest BCUT2D eigenvalue weighted by Crippen LogP contribution is -2.25. The highest BCUT2D eigenvalue weighted by atomic mass is 16.5. The molecule has 5 rings (SSSR count). The van der Waals surface area contributed by atoms with Crippen molar-refractivity contribution in [2.75, 3.05) is 13.2 Å². The highest BCUT2D eigenvalue weighted by molar-refractivity contribution is 5.76. The van der Waals surface area contributed by atoms with Gasteiger partial charge in [0.1, 0.15) is 18.0 Å². The van der Waals surface area contributed by atoms with Crippen LogP contribution < -0.4 is 0 Å². The number of benzene rings is 3. The molecule has 5 heteroatoms. The van der Waals surface area contributed by atoms with Crippen molar-refractivity contribution in [1.29, 1.82) is 0 Å². The molecule has 3 aromatic carbocycles. The lowest BCUT2D eigenvalue weighted by Gasteiger charge is -2.22. The minimum atomic E-state index is -0.678. The van der Waals surface area contributed by atoms with E-state index >= 15 is 0 Å². The van der Waals surface area contributed by atoms with Gasteiger partial charge in [-0.3, -0.25) is 0 Å². The molecule has 0 aliphatic carbocycles. The molecule has 2 heterocycles. The standard InChI is InChI=1S/C27H28N2O3/c30-22(19-32-26(20-10-3-1-4-11-20)21-12-5-2-6-13-21)18-29-24-15-8-7-14-23(24)28-27(29)25-16-9-17-31-25/h1-8,10-15,22,25-26,30H,9,16-19H2. The van der Waals surface area contributed by atoms with Crippen LogP contribution in [0.25, 0.3) is 11.0 Å². The second kappa shape index (κ2) is 9.65. The number of nitrogens with zero attached hydrogens (tertiary/aromatic N) is 2. The SMILES string of the molecule is OC(COC(c1ccccc1)c1ccccc1)Cn1c(C2CCCO2)nc2ccccc21. The molecular formula is C27H28N2O3. The van der Waals surface area contributed by atoms with Crippen molar-refractivity contribution in [2.45, 2.75) is 37.7 Å². The number of aliphatic hydroxyl groups excluding tert-OH is 1. The van der Waals surface area contributed by atoms with E-state index in [1.54, 1.807) is 0 Å². The number of rotatable bonds is 8. The van der Waals surface area contributed by atoms with E-state index in [2.05, 4.69) is 28.8 Å². The molecule has 0 bridgehead atoms. The Balaban J connectivity index is 1.36. The molecule has 4 aromatic rings. The normalized spacial score (nSPS) is 17.2. The van der Waals surface area contributed by atoms with Gasteiger partial charge in [-0.05, 0) is 36.1 Å². The zero-order chi connectivity index (χ0) is 21.8. The van der Waals surface area contributed by atoms with Gasteiger partial charge in [0.2, 0.25) is 0 Å². The number of para-hydroxylation sites is 2. The van der Waals surface area contributed by atoms with Gasteiger partial charge in [0.25, 0.3) is 0 Å². The van der Waals surface area contributed by atoms with E-state index in [4.69, 9.17) is 14.5 Å². The number of fused-ring (bicyclic) bond motifs is 1. The van der Waals surface area contributed by atoms with Crippen LogP contribution in [0.5, 0.6) is 0 Å². The third-order valence-electron chi connectivity index (χ3n) is 5.95. The van der Waals surface area contributed by atoms with Crippen molar-refractivity contribution in [3.63, 3.8) is 0 Å². The lowest BCUT2D eigenvalue weighted by molar-refractivity contribution is -0.00147. The number of aromatic nitrogens is 2. The molecule has 1 aromatic heterocycles.